The number of nitrogens with one attached hydrogen (secondary N) is 2. The Morgan fingerprint density at radius 3 is 3.00 bits per heavy atom. The largest absolute Gasteiger partial charge is 0.506 e. The SMILES string of the molecule is O=C(Nc1cc(Br)ccc1O)c1cn(C2CNC2)nn1. The Morgan fingerprint density at radius 2 is 2.30 bits per heavy atom. The molecule has 1 amide bonds. The molecule has 0 spiro atoms. The van der Waals surface area contributed by atoms with Gasteiger partial charge in [0, 0.05) is 17.6 Å². The third-order valence-corrected chi connectivity index (χ3v) is 3.58. The topological polar surface area (TPSA) is 92.1 Å². The molecule has 1 saturated heterocycles. The summed E-state index contributed by atoms with van der Waals surface area (Å²) in [5.41, 5.74) is 0.542. The first-order chi connectivity index (χ1) is 9.63. The van der Waals surface area contributed by atoms with Crippen LogP contribution < -0.4 is 10.6 Å². The van der Waals surface area contributed by atoms with Crippen LogP contribution in [-0.4, -0.2) is 39.1 Å². The quantitative estimate of drug-likeness (QED) is 0.730. The Balaban J connectivity index is 1.75. The number of phenolic OH excluding ortho intramolecular Hbond substituents is 1. The van der Waals surface area contributed by atoms with E-state index < -0.39 is 5.91 Å². The lowest BCUT2D eigenvalue weighted by atomic mass is 10.2. The first kappa shape index (κ1) is 13.1. The van der Waals surface area contributed by atoms with Gasteiger partial charge >= 0.3 is 0 Å². The van der Waals surface area contributed by atoms with Gasteiger partial charge in [-0.25, -0.2) is 4.68 Å². The van der Waals surface area contributed by atoms with Crippen LogP contribution in [0.15, 0.2) is 28.9 Å². The lowest BCUT2D eigenvalue weighted by Crippen LogP contribution is -2.43. The normalized spacial score (nSPS) is 14.8. The van der Waals surface area contributed by atoms with Crippen LogP contribution in [0.2, 0.25) is 0 Å². The molecular formula is C12H12BrN5O2. The number of rotatable bonds is 3. The first-order valence-corrected chi connectivity index (χ1v) is 6.85. The van der Waals surface area contributed by atoms with Crippen LogP contribution in [0.25, 0.3) is 0 Å². The molecule has 1 fully saturated rings. The number of halogens is 1. The molecule has 8 heteroatoms. The van der Waals surface area contributed by atoms with Crippen molar-refractivity contribution in [3.63, 3.8) is 0 Å². The molecule has 1 aliphatic rings. The van der Waals surface area contributed by atoms with Crippen LogP contribution in [-0.2, 0) is 0 Å². The van der Waals surface area contributed by atoms with E-state index >= 15 is 0 Å². The highest BCUT2D eigenvalue weighted by atomic mass is 79.9. The molecule has 2 aromatic rings. The van der Waals surface area contributed by atoms with Gasteiger partial charge in [0.05, 0.1) is 17.9 Å². The number of hydrogen-bond acceptors (Lipinski definition) is 5. The summed E-state index contributed by atoms with van der Waals surface area (Å²) in [5, 5.41) is 23.2. The van der Waals surface area contributed by atoms with E-state index in [1.807, 2.05) is 0 Å². The van der Waals surface area contributed by atoms with Crippen molar-refractivity contribution in [1.82, 2.24) is 20.3 Å². The molecule has 3 rings (SSSR count). The fourth-order valence-electron chi connectivity index (χ4n) is 1.81. The lowest BCUT2D eigenvalue weighted by molar-refractivity contribution is 0.102. The number of aromatic hydroxyl groups is 1. The van der Waals surface area contributed by atoms with Crippen LogP contribution >= 0.6 is 15.9 Å². The molecule has 0 aliphatic carbocycles. The molecule has 0 bridgehead atoms. The van der Waals surface area contributed by atoms with Crippen molar-refractivity contribution in [2.45, 2.75) is 6.04 Å². The van der Waals surface area contributed by atoms with Crippen LogP contribution in [0.4, 0.5) is 5.69 Å². The van der Waals surface area contributed by atoms with Gasteiger partial charge in [-0.3, -0.25) is 4.79 Å². The second-order valence-corrected chi connectivity index (χ2v) is 5.43. The minimum Gasteiger partial charge on any atom is -0.506 e. The highest BCUT2D eigenvalue weighted by molar-refractivity contribution is 9.10. The highest BCUT2D eigenvalue weighted by Gasteiger charge is 2.22. The number of aromatic nitrogens is 3. The highest BCUT2D eigenvalue weighted by Crippen LogP contribution is 2.27. The third kappa shape index (κ3) is 2.52. The van der Waals surface area contributed by atoms with E-state index in [0.29, 0.717) is 5.69 Å². The lowest BCUT2D eigenvalue weighted by Gasteiger charge is -2.26. The fourth-order valence-corrected chi connectivity index (χ4v) is 2.18. The maximum absolute atomic E-state index is 12.1. The van der Waals surface area contributed by atoms with Crippen molar-refractivity contribution in [2.24, 2.45) is 0 Å². The van der Waals surface area contributed by atoms with Crippen molar-refractivity contribution in [1.29, 1.82) is 0 Å². The number of anilines is 1. The van der Waals surface area contributed by atoms with Crippen molar-refractivity contribution in [2.75, 3.05) is 18.4 Å². The average molecular weight is 338 g/mol. The maximum Gasteiger partial charge on any atom is 0.277 e. The average Bonchev–Trinajstić information content (AvgIpc) is 2.81. The molecule has 1 aliphatic heterocycles. The zero-order chi connectivity index (χ0) is 14.1. The summed E-state index contributed by atoms with van der Waals surface area (Å²) in [6.07, 6.45) is 1.61. The van der Waals surface area contributed by atoms with Crippen molar-refractivity contribution >= 4 is 27.5 Å². The van der Waals surface area contributed by atoms with Crippen molar-refractivity contribution in [3.05, 3.63) is 34.6 Å². The Bertz CT molecular complexity index is 653. The summed E-state index contributed by atoms with van der Waals surface area (Å²) in [6.45, 7) is 1.66. The van der Waals surface area contributed by atoms with Gasteiger partial charge in [-0.15, -0.1) is 5.10 Å². The predicted octanol–water partition coefficient (Wildman–Crippen LogP) is 1.14. The minimum atomic E-state index is -0.406. The Hall–Kier alpha value is -1.93. The van der Waals surface area contributed by atoms with Crippen LogP contribution in [0.3, 0.4) is 0 Å². The molecule has 2 heterocycles. The number of carbonyl (C=O) groups is 1. The Morgan fingerprint density at radius 1 is 1.50 bits per heavy atom. The van der Waals surface area contributed by atoms with Gasteiger partial charge in [0.2, 0.25) is 0 Å². The van der Waals surface area contributed by atoms with E-state index in [1.165, 1.54) is 6.07 Å². The molecule has 0 atom stereocenters. The predicted molar refractivity (Wildman–Crippen MR) is 75.7 cm³/mol. The standard InChI is InChI=1S/C12H12BrN5O2/c13-7-1-2-11(19)9(3-7)15-12(20)10-6-18(17-16-10)8-4-14-5-8/h1-3,6,8,14,19H,4-5H2,(H,15,20). The molecule has 1 aromatic heterocycles. The molecule has 3 N–H and O–H groups in total. The molecule has 1 aromatic carbocycles. The molecule has 7 nitrogen and oxygen atoms in total. The van der Waals surface area contributed by atoms with E-state index in [0.717, 1.165) is 17.6 Å². The van der Waals surface area contributed by atoms with E-state index in [-0.39, 0.29) is 17.5 Å². The number of nitrogens with zero attached hydrogens (tertiary/aromatic N) is 3. The van der Waals surface area contributed by atoms with Crippen LogP contribution in [0.5, 0.6) is 5.75 Å². The smallest absolute Gasteiger partial charge is 0.277 e. The summed E-state index contributed by atoms with van der Waals surface area (Å²) in [4.78, 5) is 12.1. The zero-order valence-electron chi connectivity index (χ0n) is 10.4. The Kier molecular flexibility index (Phi) is 3.41. The number of carbonyl (C=O) groups excluding carboxylic acids is 1. The second-order valence-electron chi connectivity index (χ2n) is 4.51. The molecule has 20 heavy (non-hydrogen) atoms. The summed E-state index contributed by atoms with van der Waals surface area (Å²) in [5.74, 6) is -0.408. The third-order valence-electron chi connectivity index (χ3n) is 3.08. The van der Waals surface area contributed by atoms with E-state index in [2.05, 4.69) is 36.9 Å². The van der Waals surface area contributed by atoms with Gasteiger partial charge in [0.1, 0.15) is 5.75 Å². The molecule has 0 unspecified atom stereocenters. The summed E-state index contributed by atoms with van der Waals surface area (Å²) >= 11 is 3.28. The van der Waals surface area contributed by atoms with Gasteiger partial charge in [-0.2, -0.15) is 0 Å². The minimum absolute atomic E-state index is 0.00265. The molecule has 0 saturated carbocycles. The van der Waals surface area contributed by atoms with Gasteiger partial charge in [0.15, 0.2) is 5.69 Å². The van der Waals surface area contributed by atoms with Gasteiger partial charge in [-0.05, 0) is 18.2 Å². The molecule has 104 valence electrons. The number of benzene rings is 1. The number of amides is 1. The maximum atomic E-state index is 12.1. The van der Waals surface area contributed by atoms with Crippen LogP contribution in [0, 0.1) is 0 Å². The van der Waals surface area contributed by atoms with Gasteiger partial charge in [0.25, 0.3) is 5.91 Å². The Labute approximate surface area is 123 Å². The van der Waals surface area contributed by atoms with Crippen LogP contribution in [0.1, 0.15) is 16.5 Å². The molecular weight excluding hydrogens is 326 g/mol. The monoisotopic (exact) mass is 337 g/mol. The van der Waals surface area contributed by atoms with E-state index in [9.17, 15) is 9.90 Å². The zero-order valence-corrected chi connectivity index (χ0v) is 12.0. The van der Waals surface area contributed by atoms with Crippen molar-refractivity contribution in [3.8, 4) is 5.75 Å². The van der Waals surface area contributed by atoms with Crippen molar-refractivity contribution < 1.29 is 9.90 Å². The number of hydrogen-bond donors (Lipinski definition) is 3. The molecule has 0 radical (unpaired) electrons. The van der Waals surface area contributed by atoms with Gasteiger partial charge < -0.3 is 15.7 Å². The second kappa shape index (κ2) is 5.22. The summed E-state index contributed by atoms with van der Waals surface area (Å²) in [7, 11) is 0. The summed E-state index contributed by atoms with van der Waals surface area (Å²) in [6, 6.07) is 5.05. The number of phenols is 1. The fraction of sp³-hybridized carbons (Fsp3) is 0.250. The first-order valence-electron chi connectivity index (χ1n) is 6.06. The van der Waals surface area contributed by atoms with E-state index in [4.69, 9.17) is 0 Å². The summed E-state index contributed by atoms with van der Waals surface area (Å²) < 4.78 is 2.43. The van der Waals surface area contributed by atoms with Gasteiger partial charge in [-0.1, -0.05) is 21.1 Å². The van der Waals surface area contributed by atoms with E-state index in [1.54, 1.807) is 23.0 Å².